The number of piperazine rings is 1. The van der Waals surface area contributed by atoms with Gasteiger partial charge in [-0.1, -0.05) is 33.6 Å². The van der Waals surface area contributed by atoms with Crippen molar-refractivity contribution >= 4 is 44.8 Å². The quantitative estimate of drug-likeness (QED) is 0.564. The second kappa shape index (κ2) is 8.94. The summed E-state index contributed by atoms with van der Waals surface area (Å²) >= 11 is 9.41. The molecule has 1 aliphatic rings. The Kier molecular flexibility index (Phi) is 6.38. The van der Waals surface area contributed by atoms with Crippen molar-refractivity contribution in [3.8, 4) is 6.07 Å². The van der Waals surface area contributed by atoms with E-state index < -0.39 is 5.91 Å². The minimum atomic E-state index is -0.405. The van der Waals surface area contributed by atoms with Crippen molar-refractivity contribution in [2.75, 3.05) is 36.4 Å². The number of carbonyl (C=O) groups excluding carboxylic acids is 1. The van der Waals surface area contributed by atoms with E-state index in [1.165, 1.54) is 0 Å². The Morgan fingerprint density at radius 1 is 1.15 bits per heavy atom. The number of halogens is 2. The van der Waals surface area contributed by atoms with Gasteiger partial charge in [-0.05, 0) is 42.5 Å². The van der Waals surface area contributed by atoms with E-state index in [-0.39, 0.29) is 5.57 Å². The first-order valence-electron chi connectivity index (χ1n) is 8.48. The van der Waals surface area contributed by atoms with Crippen molar-refractivity contribution in [3.63, 3.8) is 0 Å². The van der Waals surface area contributed by atoms with E-state index in [1.807, 2.05) is 47.4 Å². The summed E-state index contributed by atoms with van der Waals surface area (Å²) in [4.78, 5) is 16.6. The van der Waals surface area contributed by atoms with Crippen LogP contribution >= 0.6 is 27.5 Å². The highest BCUT2D eigenvalue weighted by atomic mass is 79.9. The number of hydrogen-bond acceptors (Lipinski definition) is 4. The lowest BCUT2D eigenvalue weighted by molar-refractivity contribution is -0.112. The summed E-state index contributed by atoms with van der Waals surface area (Å²) in [6.45, 7) is 3.04. The molecule has 0 aliphatic carbocycles. The van der Waals surface area contributed by atoms with Crippen LogP contribution in [0.25, 0.3) is 0 Å². The average Bonchev–Trinajstić information content (AvgIpc) is 2.68. The molecule has 7 heteroatoms. The summed E-state index contributed by atoms with van der Waals surface area (Å²) in [7, 11) is 0. The third kappa shape index (κ3) is 5.25. The van der Waals surface area contributed by atoms with Gasteiger partial charge in [-0.3, -0.25) is 4.79 Å². The molecule has 0 atom stereocenters. The maximum atomic E-state index is 12.4. The summed E-state index contributed by atoms with van der Waals surface area (Å²) in [6, 6.07) is 17.0. The molecule has 2 aromatic carbocycles. The van der Waals surface area contributed by atoms with Crippen molar-refractivity contribution in [1.82, 2.24) is 4.90 Å². The third-order valence-corrected chi connectivity index (χ3v) is 5.03. The zero-order valence-corrected chi connectivity index (χ0v) is 16.9. The molecule has 138 valence electrons. The monoisotopic (exact) mass is 444 g/mol. The molecular weight excluding hydrogens is 428 g/mol. The first kappa shape index (κ1) is 19.3. The van der Waals surface area contributed by atoms with Crippen LogP contribution in [0.15, 0.2) is 64.8 Å². The smallest absolute Gasteiger partial charge is 0.267 e. The Bertz CT molecular complexity index is 884. The Morgan fingerprint density at radius 2 is 1.85 bits per heavy atom. The topological polar surface area (TPSA) is 59.4 Å². The molecule has 1 N–H and O–H groups in total. The van der Waals surface area contributed by atoms with Crippen LogP contribution in [0.2, 0.25) is 5.02 Å². The maximum Gasteiger partial charge on any atom is 0.267 e. The largest absolute Gasteiger partial charge is 0.373 e. The van der Waals surface area contributed by atoms with Crippen LogP contribution < -0.4 is 10.2 Å². The number of hydrogen-bond donors (Lipinski definition) is 1. The van der Waals surface area contributed by atoms with Gasteiger partial charge in [0.1, 0.15) is 11.6 Å². The fraction of sp³-hybridized carbons (Fsp3) is 0.200. The van der Waals surface area contributed by atoms with Crippen molar-refractivity contribution in [1.29, 1.82) is 5.26 Å². The van der Waals surface area contributed by atoms with Crippen LogP contribution in [-0.4, -0.2) is 37.0 Å². The Morgan fingerprint density at radius 3 is 2.48 bits per heavy atom. The molecule has 0 bridgehead atoms. The van der Waals surface area contributed by atoms with Crippen LogP contribution in [0.5, 0.6) is 0 Å². The van der Waals surface area contributed by atoms with Crippen molar-refractivity contribution in [3.05, 3.63) is 69.8 Å². The van der Waals surface area contributed by atoms with Crippen molar-refractivity contribution in [2.45, 2.75) is 0 Å². The van der Waals surface area contributed by atoms with Crippen LogP contribution in [0.1, 0.15) is 0 Å². The van der Waals surface area contributed by atoms with E-state index in [0.29, 0.717) is 10.7 Å². The van der Waals surface area contributed by atoms with Gasteiger partial charge in [0.15, 0.2) is 0 Å². The molecule has 27 heavy (non-hydrogen) atoms. The van der Waals surface area contributed by atoms with E-state index in [0.717, 1.165) is 36.3 Å². The molecule has 0 spiro atoms. The molecule has 1 heterocycles. The Balaban J connectivity index is 1.60. The highest BCUT2D eigenvalue weighted by Gasteiger charge is 2.18. The van der Waals surface area contributed by atoms with E-state index in [1.54, 1.807) is 18.3 Å². The van der Waals surface area contributed by atoms with Crippen LogP contribution in [0.4, 0.5) is 11.4 Å². The number of amides is 1. The van der Waals surface area contributed by atoms with E-state index in [9.17, 15) is 10.1 Å². The highest BCUT2D eigenvalue weighted by Crippen LogP contribution is 2.21. The van der Waals surface area contributed by atoms with Gasteiger partial charge in [0.05, 0.1) is 0 Å². The lowest BCUT2D eigenvalue weighted by Crippen LogP contribution is -2.44. The molecule has 1 aliphatic heterocycles. The van der Waals surface area contributed by atoms with Crippen molar-refractivity contribution < 1.29 is 4.79 Å². The zero-order chi connectivity index (χ0) is 19.2. The number of rotatable bonds is 4. The number of benzene rings is 2. The Labute approximate surface area is 172 Å². The first-order valence-corrected chi connectivity index (χ1v) is 9.65. The van der Waals surface area contributed by atoms with Gasteiger partial charge in [-0.2, -0.15) is 5.26 Å². The van der Waals surface area contributed by atoms with Gasteiger partial charge in [0.25, 0.3) is 5.91 Å². The maximum absolute atomic E-state index is 12.4. The Hall–Kier alpha value is -2.49. The van der Waals surface area contributed by atoms with Gasteiger partial charge < -0.3 is 15.1 Å². The fourth-order valence-corrected chi connectivity index (χ4v) is 3.28. The first-order chi connectivity index (χ1) is 13.0. The minimum absolute atomic E-state index is 0.0918. The predicted molar refractivity (Wildman–Crippen MR) is 112 cm³/mol. The molecule has 0 unspecified atom stereocenters. The zero-order valence-electron chi connectivity index (χ0n) is 14.5. The molecule has 3 rings (SSSR count). The molecule has 5 nitrogen and oxygen atoms in total. The lowest BCUT2D eigenvalue weighted by atomic mass is 10.2. The molecule has 1 amide bonds. The summed E-state index contributed by atoms with van der Waals surface area (Å²) < 4.78 is 0.925. The van der Waals surface area contributed by atoms with Gasteiger partial charge in [0, 0.05) is 53.2 Å². The molecule has 1 fully saturated rings. The van der Waals surface area contributed by atoms with Crippen LogP contribution in [-0.2, 0) is 4.79 Å². The van der Waals surface area contributed by atoms with Gasteiger partial charge in [-0.25, -0.2) is 0 Å². The number of carbonyl (C=O) groups is 1. The lowest BCUT2D eigenvalue weighted by Gasteiger charge is -2.35. The van der Waals surface area contributed by atoms with E-state index >= 15 is 0 Å². The minimum Gasteiger partial charge on any atom is -0.373 e. The molecule has 1 saturated heterocycles. The SMILES string of the molecule is N#C/C(=C/N1CCN(c2cccc(Cl)c2)CC1)C(=O)Nc1ccc(Br)cc1. The summed E-state index contributed by atoms with van der Waals surface area (Å²) in [5.41, 5.74) is 1.82. The van der Waals surface area contributed by atoms with E-state index in [4.69, 9.17) is 11.6 Å². The number of nitriles is 1. The highest BCUT2D eigenvalue weighted by molar-refractivity contribution is 9.10. The fourth-order valence-electron chi connectivity index (χ4n) is 2.83. The van der Waals surface area contributed by atoms with E-state index in [2.05, 4.69) is 26.1 Å². The summed E-state index contributed by atoms with van der Waals surface area (Å²) in [5, 5.41) is 12.8. The number of nitrogens with zero attached hydrogens (tertiary/aromatic N) is 3. The van der Waals surface area contributed by atoms with Crippen LogP contribution in [0, 0.1) is 11.3 Å². The summed E-state index contributed by atoms with van der Waals surface area (Å²) in [5.74, 6) is -0.405. The predicted octanol–water partition coefficient (Wildman–Crippen LogP) is 4.27. The van der Waals surface area contributed by atoms with Gasteiger partial charge in [-0.15, -0.1) is 0 Å². The molecular formula is C20H18BrClN4O. The molecule has 2 aromatic rings. The summed E-state index contributed by atoms with van der Waals surface area (Å²) in [6.07, 6.45) is 1.64. The van der Waals surface area contributed by atoms with Crippen molar-refractivity contribution in [2.24, 2.45) is 0 Å². The molecule has 0 saturated carbocycles. The van der Waals surface area contributed by atoms with Gasteiger partial charge in [0.2, 0.25) is 0 Å². The van der Waals surface area contributed by atoms with Gasteiger partial charge >= 0.3 is 0 Å². The standard InChI is InChI=1S/C20H18BrClN4O/c21-16-4-6-18(7-5-16)24-20(27)15(13-23)14-25-8-10-26(11-9-25)19-3-1-2-17(22)12-19/h1-7,12,14H,8-11H2,(H,24,27)/b15-14-. The molecule has 0 radical (unpaired) electrons. The normalized spacial score (nSPS) is 14.6. The number of nitrogens with one attached hydrogen (secondary N) is 1. The third-order valence-electron chi connectivity index (χ3n) is 4.27. The average molecular weight is 446 g/mol. The van der Waals surface area contributed by atoms with Crippen LogP contribution in [0.3, 0.4) is 0 Å². The number of anilines is 2. The molecule has 0 aromatic heterocycles. The second-order valence-corrected chi connectivity index (χ2v) is 7.47. The second-order valence-electron chi connectivity index (χ2n) is 6.12.